The van der Waals surface area contributed by atoms with E-state index in [1.807, 2.05) is 0 Å². The molecule has 11 heteroatoms. The summed E-state index contributed by atoms with van der Waals surface area (Å²) in [6.45, 7) is 1.17. The first-order chi connectivity index (χ1) is 14.8. The topological polar surface area (TPSA) is 156 Å². The summed E-state index contributed by atoms with van der Waals surface area (Å²) in [5.74, 6) is -0.708. The number of esters is 2. The zero-order valence-corrected chi connectivity index (χ0v) is 17.5. The number of fused-ring (bicyclic) bond motifs is 1. The second kappa shape index (κ2) is 11.2. The van der Waals surface area contributed by atoms with Gasteiger partial charge in [0.15, 0.2) is 0 Å². The number of benzene rings is 1. The highest BCUT2D eigenvalue weighted by Gasteiger charge is 2.22. The number of carbonyl (C=O) groups excluding carboxylic acids is 3. The summed E-state index contributed by atoms with van der Waals surface area (Å²) in [4.78, 5) is 37.7. The molecule has 2 rings (SSSR count). The lowest BCUT2D eigenvalue weighted by atomic mass is 10.0. The van der Waals surface area contributed by atoms with Gasteiger partial charge in [-0.15, -0.1) is 0 Å². The first-order valence-electron chi connectivity index (χ1n) is 9.47. The maximum atomic E-state index is 12.0. The van der Waals surface area contributed by atoms with Gasteiger partial charge in [-0.1, -0.05) is 0 Å². The minimum Gasteiger partial charge on any atom is -0.491 e. The molecule has 1 aromatic carbocycles. The second-order valence-electron chi connectivity index (χ2n) is 6.56. The lowest BCUT2D eigenvalue weighted by molar-refractivity contribution is -0.141. The van der Waals surface area contributed by atoms with E-state index in [2.05, 4.69) is 15.0 Å². The van der Waals surface area contributed by atoms with Gasteiger partial charge in [-0.25, -0.2) is 9.59 Å². The van der Waals surface area contributed by atoms with Crippen molar-refractivity contribution in [3.05, 3.63) is 23.4 Å². The number of aliphatic hydroxyl groups is 2. The first kappa shape index (κ1) is 24.0. The number of aromatic nitrogens is 1. The lowest BCUT2D eigenvalue weighted by Crippen LogP contribution is -2.19. The monoisotopic (exact) mass is 438 g/mol. The molecule has 1 heterocycles. The molecule has 1 aromatic heterocycles. The van der Waals surface area contributed by atoms with Gasteiger partial charge in [0.2, 0.25) is 0 Å². The number of H-pyrrole nitrogens is 1. The Hall–Kier alpha value is -3.31. The van der Waals surface area contributed by atoms with Crippen LogP contribution >= 0.6 is 0 Å². The molecule has 2 aromatic rings. The van der Waals surface area contributed by atoms with Crippen LogP contribution in [0.25, 0.3) is 10.9 Å². The third kappa shape index (κ3) is 6.33. The summed E-state index contributed by atoms with van der Waals surface area (Å²) in [5, 5.41) is 22.3. The van der Waals surface area contributed by atoms with Crippen LogP contribution in [-0.2, 0) is 25.4 Å². The van der Waals surface area contributed by atoms with E-state index in [1.54, 1.807) is 0 Å². The third-order valence-electron chi connectivity index (χ3n) is 4.32. The van der Waals surface area contributed by atoms with E-state index in [9.17, 15) is 24.6 Å². The van der Waals surface area contributed by atoms with Gasteiger partial charge in [-0.2, -0.15) is 0 Å². The molecule has 0 bridgehead atoms. The Morgan fingerprint density at radius 2 is 1.90 bits per heavy atom. The highest BCUT2D eigenvalue weighted by atomic mass is 16.5. The number of aromatic amines is 1. The van der Waals surface area contributed by atoms with Crippen LogP contribution in [0.5, 0.6) is 5.75 Å². The summed E-state index contributed by atoms with van der Waals surface area (Å²) >= 11 is 0. The SMILES string of the molecule is COC(=O)Nc1cc(OCCCOC(C)=O)c2[nH]c(C(=O)OC)cc2c1C[C@H](O)CO. The van der Waals surface area contributed by atoms with Gasteiger partial charge in [0.25, 0.3) is 0 Å². The molecule has 4 N–H and O–H groups in total. The Morgan fingerprint density at radius 1 is 1.16 bits per heavy atom. The Morgan fingerprint density at radius 3 is 2.52 bits per heavy atom. The highest BCUT2D eigenvalue weighted by molar-refractivity contribution is 6.02. The van der Waals surface area contributed by atoms with E-state index in [4.69, 9.17) is 14.2 Å². The van der Waals surface area contributed by atoms with Crippen molar-refractivity contribution in [2.24, 2.45) is 0 Å². The minimum absolute atomic E-state index is 0.0163. The van der Waals surface area contributed by atoms with Crippen LogP contribution in [0.2, 0.25) is 0 Å². The molecule has 0 fully saturated rings. The molecule has 170 valence electrons. The molecular formula is C20H26N2O9. The molecule has 31 heavy (non-hydrogen) atoms. The molecule has 1 amide bonds. The maximum Gasteiger partial charge on any atom is 0.411 e. The molecule has 1 atom stereocenters. The average molecular weight is 438 g/mol. The Bertz CT molecular complexity index is 938. The van der Waals surface area contributed by atoms with E-state index in [1.165, 1.54) is 33.3 Å². The normalized spacial score (nSPS) is 11.6. The molecule has 0 saturated heterocycles. The van der Waals surface area contributed by atoms with Crippen LogP contribution < -0.4 is 10.1 Å². The van der Waals surface area contributed by atoms with Crippen LogP contribution in [0.1, 0.15) is 29.4 Å². The number of anilines is 1. The molecule has 0 spiro atoms. The van der Waals surface area contributed by atoms with E-state index in [0.29, 0.717) is 28.6 Å². The van der Waals surface area contributed by atoms with Gasteiger partial charge in [-0.3, -0.25) is 10.1 Å². The van der Waals surface area contributed by atoms with Crippen LogP contribution in [0, 0.1) is 0 Å². The van der Waals surface area contributed by atoms with Crippen molar-refractivity contribution in [2.45, 2.75) is 25.9 Å². The predicted molar refractivity (Wildman–Crippen MR) is 109 cm³/mol. The van der Waals surface area contributed by atoms with Crippen molar-refractivity contribution in [1.29, 1.82) is 0 Å². The second-order valence-corrected chi connectivity index (χ2v) is 6.56. The van der Waals surface area contributed by atoms with Gasteiger partial charge in [0.05, 0.1) is 51.3 Å². The minimum atomic E-state index is -1.10. The Kier molecular flexibility index (Phi) is 8.64. The third-order valence-corrected chi connectivity index (χ3v) is 4.32. The molecule has 0 aliphatic carbocycles. The summed E-state index contributed by atoms with van der Waals surface area (Å²) in [6.07, 6.45) is -1.45. The van der Waals surface area contributed by atoms with Gasteiger partial charge >= 0.3 is 18.0 Å². The van der Waals surface area contributed by atoms with Crippen molar-refractivity contribution in [1.82, 2.24) is 4.98 Å². The van der Waals surface area contributed by atoms with Crippen LogP contribution in [0.4, 0.5) is 10.5 Å². The fraction of sp³-hybridized carbons (Fsp3) is 0.450. The lowest BCUT2D eigenvalue weighted by Gasteiger charge is -2.17. The van der Waals surface area contributed by atoms with Crippen molar-refractivity contribution in [2.75, 3.05) is 39.4 Å². The number of hydrogen-bond donors (Lipinski definition) is 4. The standard InChI is InChI=1S/C20H26N2O9/c1-11(24)30-5-4-6-31-17-9-15(22-20(27)29-3)13(7-12(25)10-23)14-8-16(19(26)28-2)21-18(14)17/h8-9,12,21,23,25H,4-7,10H2,1-3H3,(H,22,27)/t12-/m0/s1. The van der Waals surface area contributed by atoms with Crippen molar-refractivity contribution in [3.8, 4) is 5.75 Å². The first-order valence-corrected chi connectivity index (χ1v) is 9.47. The largest absolute Gasteiger partial charge is 0.491 e. The number of ether oxygens (including phenoxy) is 4. The Balaban J connectivity index is 2.50. The Labute approximate surface area is 178 Å². The summed E-state index contributed by atoms with van der Waals surface area (Å²) in [5.41, 5.74) is 1.30. The van der Waals surface area contributed by atoms with Gasteiger partial charge in [0, 0.05) is 31.2 Å². The van der Waals surface area contributed by atoms with Crippen LogP contribution in [0.3, 0.4) is 0 Å². The van der Waals surface area contributed by atoms with Crippen molar-refractivity contribution in [3.63, 3.8) is 0 Å². The summed E-state index contributed by atoms with van der Waals surface area (Å²) < 4.78 is 20.1. The fourth-order valence-electron chi connectivity index (χ4n) is 2.91. The number of methoxy groups -OCH3 is 2. The zero-order chi connectivity index (χ0) is 23.0. The number of aliphatic hydroxyl groups excluding tert-OH is 2. The maximum absolute atomic E-state index is 12.0. The molecule has 0 unspecified atom stereocenters. The molecule has 0 saturated carbocycles. The van der Waals surface area contributed by atoms with E-state index < -0.39 is 30.7 Å². The molecule has 0 aliphatic heterocycles. The van der Waals surface area contributed by atoms with Gasteiger partial charge < -0.3 is 34.1 Å². The van der Waals surface area contributed by atoms with Crippen LogP contribution in [0.15, 0.2) is 12.1 Å². The summed E-state index contributed by atoms with van der Waals surface area (Å²) in [7, 11) is 2.44. The fourth-order valence-corrected chi connectivity index (χ4v) is 2.91. The average Bonchev–Trinajstić information content (AvgIpc) is 3.20. The molecular weight excluding hydrogens is 412 g/mol. The van der Waals surface area contributed by atoms with E-state index >= 15 is 0 Å². The number of rotatable bonds is 10. The van der Waals surface area contributed by atoms with Crippen molar-refractivity contribution >= 4 is 34.6 Å². The zero-order valence-electron chi connectivity index (χ0n) is 17.5. The molecule has 0 aliphatic rings. The number of nitrogens with one attached hydrogen (secondary N) is 2. The van der Waals surface area contributed by atoms with E-state index in [0.717, 1.165) is 0 Å². The van der Waals surface area contributed by atoms with Crippen LogP contribution in [-0.4, -0.2) is 73.4 Å². The quantitative estimate of drug-likeness (QED) is 0.244. The van der Waals surface area contributed by atoms with E-state index in [-0.39, 0.29) is 31.0 Å². The van der Waals surface area contributed by atoms with Gasteiger partial charge in [0.1, 0.15) is 11.4 Å². The number of carbonyl (C=O) groups is 3. The smallest absolute Gasteiger partial charge is 0.411 e. The van der Waals surface area contributed by atoms with Crippen molar-refractivity contribution < 1.29 is 43.5 Å². The summed E-state index contributed by atoms with van der Waals surface area (Å²) in [6, 6.07) is 3.02. The predicted octanol–water partition coefficient (Wildman–Crippen LogP) is 1.36. The number of hydrogen-bond acceptors (Lipinski definition) is 9. The number of amides is 1. The molecule has 0 radical (unpaired) electrons. The van der Waals surface area contributed by atoms with Gasteiger partial charge in [-0.05, 0) is 11.6 Å². The molecule has 11 nitrogen and oxygen atoms in total. The highest BCUT2D eigenvalue weighted by Crippen LogP contribution is 2.36.